The van der Waals surface area contributed by atoms with Crippen molar-refractivity contribution in [3.05, 3.63) is 0 Å². The van der Waals surface area contributed by atoms with Crippen molar-refractivity contribution in [3.8, 4) is 0 Å². The predicted molar refractivity (Wildman–Crippen MR) is 80.0 cm³/mol. The molecule has 0 aromatic heterocycles. The summed E-state index contributed by atoms with van der Waals surface area (Å²) in [7, 11) is 0. The Morgan fingerprint density at radius 1 is 0.889 bits per heavy atom. The third-order valence-electron chi connectivity index (χ3n) is 5.00. The minimum Gasteiger partial charge on any atom is -0.317 e. The van der Waals surface area contributed by atoms with E-state index in [0.29, 0.717) is 10.8 Å². The van der Waals surface area contributed by atoms with E-state index in [1.807, 2.05) is 0 Å². The molecule has 0 saturated carbocycles. The number of hydrogen-bond acceptors (Lipinski definition) is 2. The van der Waals surface area contributed by atoms with E-state index in [4.69, 9.17) is 5.21 Å². The Bertz CT molecular complexity index is 203. The van der Waals surface area contributed by atoms with Crippen LogP contribution >= 0.6 is 0 Å². The Hall–Kier alpha value is -0.0800. The molecule has 0 aliphatic rings. The van der Waals surface area contributed by atoms with Gasteiger partial charge >= 0.3 is 0 Å². The summed E-state index contributed by atoms with van der Waals surface area (Å²) in [5, 5.41) is 8.78. The van der Waals surface area contributed by atoms with Gasteiger partial charge in [-0.3, -0.25) is 0 Å². The van der Waals surface area contributed by atoms with Crippen molar-refractivity contribution in [2.45, 2.75) is 86.0 Å². The molecule has 0 radical (unpaired) electrons. The molecule has 110 valence electrons. The zero-order valence-electron chi connectivity index (χ0n) is 13.3. The second kappa shape index (κ2) is 8.92. The number of unbranched alkanes of at least 4 members (excludes halogenated alkanes) is 1. The monoisotopic (exact) mass is 257 g/mol. The van der Waals surface area contributed by atoms with E-state index in [-0.39, 0.29) is 0 Å². The number of hydroxylamine groups is 1. The summed E-state index contributed by atoms with van der Waals surface area (Å²) in [6.07, 6.45) is 10.1. The van der Waals surface area contributed by atoms with Gasteiger partial charge in [-0.05, 0) is 36.5 Å². The lowest BCUT2D eigenvalue weighted by Gasteiger charge is -2.48. The quantitative estimate of drug-likeness (QED) is 0.396. The van der Waals surface area contributed by atoms with Gasteiger partial charge in [-0.15, -0.1) is 0 Å². The highest BCUT2D eigenvalue weighted by atomic mass is 16.5. The van der Waals surface area contributed by atoms with Crippen LogP contribution in [0.25, 0.3) is 0 Å². The van der Waals surface area contributed by atoms with Crippen LogP contribution < -0.4 is 5.48 Å². The maximum absolute atomic E-state index is 8.78. The summed E-state index contributed by atoms with van der Waals surface area (Å²) in [6.45, 7) is 12.5. The average Bonchev–Trinajstić information content (AvgIpc) is 2.36. The summed E-state index contributed by atoms with van der Waals surface area (Å²) in [4.78, 5) is 0. The molecule has 0 amide bonds. The predicted octanol–water partition coefficient (Wildman–Crippen LogP) is 5.16. The molecule has 2 N–H and O–H groups in total. The third-order valence-corrected chi connectivity index (χ3v) is 5.00. The van der Waals surface area contributed by atoms with Crippen molar-refractivity contribution in [2.75, 3.05) is 6.54 Å². The van der Waals surface area contributed by atoms with Gasteiger partial charge in [0, 0.05) is 6.54 Å². The van der Waals surface area contributed by atoms with E-state index in [2.05, 4.69) is 40.1 Å². The Kier molecular flexibility index (Phi) is 8.89. The number of nitrogens with one attached hydrogen (secondary N) is 1. The van der Waals surface area contributed by atoms with Crippen LogP contribution in [0.4, 0.5) is 0 Å². The first-order valence-electron chi connectivity index (χ1n) is 7.86. The molecule has 2 heteroatoms. The minimum atomic E-state index is 0.396. The Balaban J connectivity index is 4.88. The molecule has 0 bridgehead atoms. The van der Waals surface area contributed by atoms with Crippen LogP contribution in [0.2, 0.25) is 0 Å². The second-order valence-electron chi connectivity index (χ2n) is 6.38. The molecule has 0 rings (SSSR count). The SMILES string of the molecule is CCCC[C@@](CCC)(CCCNO)C(C)(C)CC. The smallest absolute Gasteiger partial charge is 0.0207 e. The number of hydrogen-bond donors (Lipinski definition) is 2. The lowest BCUT2D eigenvalue weighted by Crippen LogP contribution is -2.38. The maximum Gasteiger partial charge on any atom is 0.0207 e. The van der Waals surface area contributed by atoms with Gasteiger partial charge in [-0.25, -0.2) is 5.48 Å². The molecule has 0 aliphatic heterocycles. The van der Waals surface area contributed by atoms with Crippen LogP contribution in [-0.2, 0) is 0 Å². The lowest BCUT2D eigenvalue weighted by atomic mass is 9.57. The van der Waals surface area contributed by atoms with Gasteiger partial charge in [-0.2, -0.15) is 0 Å². The van der Waals surface area contributed by atoms with E-state index in [1.54, 1.807) is 0 Å². The molecule has 0 saturated heterocycles. The van der Waals surface area contributed by atoms with Gasteiger partial charge in [-0.1, -0.05) is 60.3 Å². The highest BCUT2D eigenvalue weighted by Crippen LogP contribution is 2.51. The molecule has 1 atom stereocenters. The van der Waals surface area contributed by atoms with Crippen molar-refractivity contribution in [2.24, 2.45) is 10.8 Å². The van der Waals surface area contributed by atoms with Crippen LogP contribution in [0.1, 0.15) is 86.0 Å². The van der Waals surface area contributed by atoms with Crippen LogP contribution in [0, 0.1) is 10.8 Å². The zero-order chi connectivity index (χ0) is 14.1. The maximum atomic E-state index is 8.78. The van der Waals surface area contributed by atoms with Crippen LogP contribution in [0.15, 0.2) is 0 Å². The largest absolute Gasteiger partial charge is 0.317 e. The van der Waals surface area contributed by atoms with Gasteiger partial charge in [0.25, 0.3) is 0 Å². The molecule has 2 nitrogen and oxygen atoms in total. The molecule has 0 unspecified atom stereocenters. The molecular formula is C16H35NO. The van der Waals surface area contributed by atoms with E-state index in [0.717, 1.165) is 13.0 Å². The van der Waals surface area contributed by atoms with Gasteiger partial charge < -0.3 is 5.21 Å². The first-order chi connectivity index (χ1) is 8.49. The van der Waals surface area contributed by atoms with E-state index in [9.17, 15) is 0 Å². The number of rotatable bonds is 11. The van der Waals surface area contributed by atoms with Crippen LogP contribution in [-0.4, -0.2) is 11.8 Å². The van der Waals surface area contributed by atoms with Gasteiger partial charge in [0.05, 0.1) is 0 Å². The second-order valence-corrected chi connectivity index (χ2v) is 6.38. The molecule has 0 spiro atoms. The molecule has 0 aromatic rings. The first kappa shape index (κ1) is 17.9. The fraction of sp³-hybridized carbons (Fsp3) is 1.00. The fourth-order valence-corrected chi connectivity index (χ4v) is 3.26. The van der Waals surface area contributed by atoms with Gasteiger partial charge in [0.1, 0.15) is 0 Å². The zero-order valence-corrected chi connectivity index (χ0v) is 13.3. The summed E-state index contributed by atoms with van der Waals surface area (Å²) in [6, 6.07) is 0. The molecular weight excluding hydrogens is 222 g/mol. The highest BCUT2D eigenvalue weighted by molar-refractivity contribution is 4.92. The molecule has 0 heterocycles. The molecule has 0 aliphatic carbocycles. The van der Waals surface area contributed by atoms with Crippen molar-refractivity contribution >= 4 is 0 Å². The summed E-state index contributed by atoms with van der Waals surface area (Å²) >= 11 is 0. The summed E-state index contributed by atoms with van der Waals surface area (Å²) in [5.74, 6) is 0. The molecule has 18 heavy (non-hydrogen) atoms. The van der Waals surface area contributed by atoms with Crippen molar-refractivity contribution in [1.29, 1.82) is 0 Å². The van der Waals surface area contributed by atoms with Crippen molar-refractivity contribution < 1.29 is 5.21 Å². The van der Waals surface area contributed by atoms with Crippen LogP contribution in [0.5, 0.6) is 0 Å². The fourth-order valence-electron chi connectivity index (χ4n) is 3.26. The first-order valence-corrected chi connectivity index (χ1v) is 7.86. The Morgan fingerprint density at radius 2 is 1.50 bits per heavy atom. The molecule has 0 fully saturated rings. The van der Waals surface area contributed by atoms with Crippen LogP contribution in [0.3, 0.4) is 0 Å². The lowest BCUT2D eigenvalue weighted by molar-refractivity contribution is 0.0240. The highest BCUT2D eigenvalue weighted by Gasteiger charge is 2.41. The average molecular weight is 257 g/mol. The summed E-state index contributed by atoms with van der Waals surface area (Å²) < 4.78 is 0. The minimum absolute atomic E-state index is 0.396. The Morgan fingerprint density at radius 3 is 1.94 bits per heavy atom. The van der Waals surface area contributed by atoms with Crippen molar-refractivity contribution in [3.63, 3.8) is 0 Å². The van der Waals surface area contributed by atoms with E-state index in [1.165, 1.54) is 44.9 Å². The van der Waals surface area contributed by atoms with Gasteiger partial charge in [0.2, 0.25) is 0 Å². The Labute approximate surface area is 115 Å². The normalized spacial score (nSPS) is 15.7. The van der Waals surface area contributed by atoms with E-state index >= 15 is 0 Å². The topological polar surface area (TPSA) is 32.3 Å². The molecule has 0 aromatic carbocycles. The van der Waals surface area contributed by atoms with Gasteiger partial charge in [0.15, 0.2) is 0 Å². The third kappa shape index (κ3) is 4.89. The van der Waals surface area contributed by atoms with Crippen molar-refractivity contribution in [1.82, 2.24) is 5.48 Å². The van der Waals surface area contributed by atoms with E-state index < -0.39 is 0 Å². The standard InChI is InChI=1S/C16H35NO/c1-6-9-12-16(11-7-2,13-10-14-17-18)15(4,5)8-3/h17-18H,6-14H2,1-5H3/t16-/m0/s1. The summed E-state index contributed by atoms with van der Waals surface area (Å²) in [5.41, 5.74) is 3.15.